The lowest BCUT2D eigenvalue weighted by atomic mass is 10.1. The number of carbonyl (C=O) groups excluding carboxylic acids is 1. The van der Waals surface area contributed by atoms with E-state index in [1.807, 2.05) is 42.6 Å². The monoisotopic (exact) mass is 414 g/mol. The summed E-state index contributed by atoms with van der Waals surface area (Å²) < 4.78 is 0. The number of thiophene rings is 1. The van der Waals surface area contributed by atoms with Crippen molar-refractivity contribution in [2.24, 2.45) is 4.99 Å². The van der Waals surface area contributed by atoms with Gasteiger partial charge in [0.25, 0.3) is 5.91 Å². The van der Waals surface area contributed by atoms with E-state index in [-0.39, 0.29) is 5.91 Å². The lowest BCUT2D eigenvalue weighted by Crippen LogP contribution is -2.23. The van der Waals surface area contributed by atoms with Gasteiger partial charge in [0.15, 0.2) is 0 Å². The van der Waals surface area contributed by atoms with Crippen molar-refractivity contribution in [3.63, 3.8) is 0 Å². The van der Waals surface area contributed by atoms with Crippen molar-refractivity contribution in [1.29, 1.82) is 0 Å². The third-order valence-electron chi connectivity index (χ3n) is 3.96. The van der Waals surface area contributed by atoms with Gasteiger partial charge in [-0.2, -0.15) is 0 Å². The van der Waals surface area contributed by atoms with E-state index >= 15 is 0 Å². The molecule has 4 rings (SSSR count). The van der Waals surface area contributed by atoms with Crippen LogP contribution in [0.5, 0.6) is 0 Å². The molecule has 136 valence electrons. The van der Waals surface area contributed by atoms with Crippen molar-refractivity contribution in [2.45, 2.75) is 16.7 Å². The standard InChI is InChI=1S/C20H15ClN2O2S2/c1-2-25-23-20(24)12-7-8-17-15(11-12)22-18(19-14(21)9-10-26-19)13-5-3-4-6-16(13)27-17/h3-11H,2H2,1H3,(H,23,24). The van der Waals surface area contributed by atoms with Crippen LogP contribution in [-0.4, -0.2) is 18.2 Å². The van der Waals surface area contributed by atoms with Crippen LogP contribution < -0.4 is 5.48 Å². The summed E-state index contributed by atoms with van der Waals surface area (Å²) in [5, 5.41) is 2.63. The highest BCUT2D eigenvalue weighted by Crippen LogP contribution is 2.42. The second-order valence-corrected chi connectivity index (χ2v) is 8.11. The van der Waals surface area contributed by atoms with Gasteiger partial charge in [-0.05, 0) is 42.6 Å². The number of amides is 1. The summed E-state index contributed by atoms with van der Waals surface area (Å²) in [6.45, 7) is 2.22. The first-order valence-electron chi connectivity index (χ1n) is 8.33. The molecule has 0 unspecified atom stereocenters. The molecule has 0 saturated heterocycles. The maximum atomic E-state index is 12.2. The van der Waals surface area contributed by atoms with E-state index in [1.54, 1.807) is 35.2 Å². The average Bonchev–Trinajstić information content (AvgIpc) is 3.03. The maximum absolute atomic E-state index is 12.2. The van der Waals surface area contributed by atoms with Gasteiger partial charge in [0, 0.05) is 20.9 Å². The zero-order valence-corrected chi connectivity index (χ0v) is 16.8. The van der Waals surface area contributed by atoms with Crippen LogP contribution in [0.2, 0.25) is 5.02 Å². The SMILES string of the molecule is CCONC(=O)c1ccc2c(c1)N=C(c1sccc1Cl)c1ccccc1S2. The third-order valence-corrected chi connectivity index (χ3v) is 6.45. The van der Waals surface area contributed by atoms with Gasteiger partial charge in [-0.25, -0.2) is 10.5 Å². The third kappa shape index (κ3) is 3.66. The first-order chi connectivity index (χ1) is 13.2. The number of nitrogens with zero attached hydrogens (tertiary/aromatic N) is 1. The molecule has 1 amide bonds. The number of halogens is 1. The number of hydroxylamine groups is 1. The molecule has 2 heterocycles. The van der Waals surface area contributed by atoms with Crippen LogP contribution in [0.1, 0.15) is 27.7 Å². The lowest BCUT2D eigenvalue weighted by Gasteiger charge is -2.07. The minimum absolute atomic E-state index is 0.294. The fourth-order valence-corrected chi connectivity index (χ4v) is 4.87. The Morgan fingerprint density at radius 2 is 2.04 bits per heavy atom. The minimum Gasteiger partial charge on any atom is -0.274 e. The van der Waals surface area contributed by atoms with Crippen LogP contribution in [0, 0.1) is 0 Å². The number of fused-ring (bicyclic) bond motifs is 2. The summed E-state index contributed by atoms with van der Waals surface area (Å²) >= 11 is 9.59. The van der Waals surface area contributed by atoms with E-state index in [0.29, 0.717) is 17.2 Å². The first kappa shape index (κ1) is 18.3. The number of hydrogen-bond acceptors (Lipinski definition) is 5. The molecule has 1 aliphatic heterocycles. The number of benzene rings is 2. The summed E-state index contributed by atoms with van der Waals surface area (Å²) in [6, 6.07) is 15.5. The van der Waals surface area contributed by atoms with Crippen molar-refractivity contribution in [2.75, 3.05) is 6.61 Å². The molecule has 4 nitrogen and oxygen atoms in total. The Kier molecular flexibility index (Phi) is 5.31. The lowest BCUT2D eigenvalue weighted by molar-refractivity contribution is 0.0364. The Balaban J connectivity index is 1.85. The van der Waals surface area contributed by atoms with Gasteiger partial charge in [-0.3, -0.25) is 9.63 Å². The van der Waals surface area contributed by atoms with Crippen molar-refractivity contribution in [3.05, 3.63) is 74.9 Å². The number of rotatable bonds is 4. The van der Waals surface area contributed by atoms with Gasteiger partial charge in [0.05, 0.1) is 27.9 Å². The number of aliphatic imine (C=N–C) groups is 1. The summed E-state index contributed by atoms with van der Waals surface area (Å²) in [7, 11) is 0. The molecule has 0 atom stereocenters. The molecule has 0 fully saturated rings. The van der Waals surface area contributed by atoms with Crippen molar-refractivity contribution in [3.8, 4) is 0 Å². The molecular formula is C20H15ClN2O2S2. The van der Waals surface area contributed by atoms with E-state index in [0.717, 1.165) is 31.6 Å². The van der Waals surface area contributed by atoms with E-state index in [4.69, 9.17) is 21.4 Å². The Labute approximate surface area is 170 Å². The Hall–Kier alpha value is -2.12. The molecule has 1 N–H and O–H groups in total. The second kappa shape index (κ2) is 7.86. The van der Waals surface area contributed by atoms with Crippen LogP contribution >= 0.6 is 34.7 Å². The van der Waals surface area contributed by atoms with Gasteiger partial charge in [0.2, 0.25) is 0 Å². The highest BCUT2D eigenvalue weighted by atomic mass is 35.5. The van der Waals surface area contributed by atoms with E-state index in [9.17, 15) is 4.79 Å². The Morgan fingerprint density at radius 1 is 1.19 bits per heavy atom. The van der Waals surface area contributed by atoms with Crippen LogP contribution in [0.3, 0.4) is 0 Å². The molecule has 1 aromatic heterocycles. The molecule has 0 saturated carbocycles. The van der Waals surface area contributed by atoms with Crippen LogP contribution in [0.15, 0.2) is 68.7 Å². The molecule has 3 aromatic rings. The molecule has 0 radical (unpaired) electrons. The molecule has 2 aromatic carbocycles. The van der Waals surface area contributed by atoms with Gasteiger partial charge in [0.1, 0.15) is 0 Å². The first-order valence-corrected chi connectivity index (χ1v) is 10.4. The zero-order chi connectivity index (χ0) is 18.8. The van der Waals surface area contributed by atoms with Gasteiger partial charge < -0.3 is 0 Å². The molecular weight excluding hydrogens is 400 g/mol. The van der Waals surface area contributed by atoms with Gasteiger partial charge >= 0.3 is 0 Å². The molecule has 0 aliphatic carbocycles. The van der Waals surface area contributed by atoms with Crippen LogP contribution in [-0.2, 0) is 4.84 Å². The zero-order valence-electron chi connectivity index (χ0n) is 14.4. The normalized spacial score (nSPS) is 12.6. The van der Waals surface area contributed by atoms with E-state index in [2.05, 4.69) is 11.5 Å². The highest BCUT2D eigenvalue weighted by Gasteiger charge is 2.22. The van der Waals surface area contributed by atoms with E-state index in [1.165, 1.54) is 0 Å². The van der Waals surface area contributed by atoms with Crippen LogP contribution in [0.25, 0.3) is 0 Å². The van der Waals surface area contributed by atoms with Gasteiger partial charge in [-0.15, -0.1) is 11.3 Å². The quantitative estimate of drug-likeness (QED) is 0.435. The number of carbonyl (C=O) groups is 1. The minimum atomic E-state index is -0.294. The second-order valence-electron chi connectivity index (χ2n) is 5.70. The highest BCUT2D eigenvalue weighted by molar-refractivity contribution is 7.99. The fourth-order valence-electron chi connectivity index (χ4n) is 2.72. The van der Waals surface area contributed by atoms with Crippen LogP contribution in [0.4, 0.5) is 5.69 Å². The molecule has 7 heteroatoms. The predicted molar refractivity (Wildman–Crippen MR) is 111 cm³/mol. The summed E-state index contributed by atoms with van der Waals surface area (Å²) in [4.78, 5) is 25.2. The van der Waals surface area contributed by atoms with Crippen molar-refractivity contribution in [1.82, 2.24) is 5.48 Å². The molecule has 0 bridgehead atoms. The number of nitrogens with one attached hydrogen (secondary N) is 1. The summed E-state index contributed by atoms with van der Waals surface area (Å²) in [6.07, 6.45) is 0. The molecule has 1 aliphatic rings. The fraction of sp³-hybridized carbons (Fsp3) is 0.100. The van der Waals surface area contributed by atoms with Crippen molar-refractivity contribution >= 4 is 52.0 Å². The van der Waals surface area contributed by atoms with Crippen molar-refractivity contribution < 1.29 is 9.63 Å². The van der Waals surface area contributed by atoms with Gasteiger partial charge in [-0.1, -0.05) is 41.6 Å². The topological polar surface area (TPSA) is 50.7 Å². The summed E-state index contributed by atoms with van der Waals surface area (Å²) in [5.41, 5.74) is 5.50. The predicted octanol–water partition coefficient (Wildman–Crippen LogP) is 5.72. The number of hydrogen-bond donors (Lipinski definition) is 1. The molecule has 27 heavy (non-hydrogen) atoms. The maximum Gasteiger partial charge on any atom is 0.274 e. The smallest absolute Gasteiger partial charge is 0.274 e. The summed E-state index contributed by atoms with van der Waals surface area (Å²) in [5.74, 6) is -0.294. The van der Waals surface area contributed by atoms with E-state index < -0.39 is 0 Å². The Morgan fingerprint density at radius 3 is 2.81 bits per heavy atom. The average molecular weight is 415 g/mol. The molecule has 0 spiro atoms. The largest absolute Gasteiger partial charge is 0.274 e. The Bertz CT molecular complexity index is 1050.